The Morgan fingerprint density at radius 1 is 1.00 bits per heavy atom. The third-order valence-corrected chi connectivity index (χ3v) is 6.35. The lowest BCUT2D eigenvalue weighted by molar-refractivity contribution is -0.111. The van der Waals surface area contributed by atoms with Gasteiger partial charge in [-0.15, -0.1) is 0 Å². The second kappa shape index (κ2) is 9.90. The van der Waals surface area contributed by atoms with Crippen molar-refractivity contribution in [2.45, 2.75) is 20.8 Å². The monoisotopic (exact) mass is 497 g/mol. The molecule has 5 aromatic rings. The van der Waals surface area contributed by atoms with Crippen LogP contribution in [0.2, 0.25) is 0 Å². The molecule has 4 nitrogen and oxygen atoms in total. The Morgan fingerprint density at radius 3 is 2.54 bits per heavy atom. The lowest BCUT2D eigenvalue weighted by atomic mass is 9.95. The number of hydrogen-bond donors (Lipinski definition) is 1. The number of benzene rings is 4. The van der Waals surface area contributed by atoms with Crippen LogP contribution >= 0.6 is 0 Å². The normalized spacial score (nSPS) is 11.8. The van der Waals surface area contributed by atoms with Crippen LogP contribution in [0, 0.1) is 18.6 Å². The van der Waals surface area contributed by atoms with Crippen molar-refractivity contribution in [3.8, 4) is 16.9 Å². The van der Waals surface area contributed by atoms with Gasteiger partial charge in [0.2, 0.25) is 5.91 Å². The summed E-state index contributed by atoms with van der Waals surface area (Å²) in [7, 11) is 0. The first kappa shape index (κ1) is 24.3. The number of nitrogens with one attached hydrogen (secondary N) is 1. The standard InChI is InChI=1S/C31H25F2NO3/c1-4-36-30-19(3)31-25(26(17-37-31)22-10-9-20-7-5-6-8-21(20)14-22)16-24(30)18(2)13-29(35)34-23-11-12-27(32)28(33)15-23/h5-17H,4H2,1-3H3,(H,34,35)/b18-13+. The molecule has 4 aromatic carbocycles. The second-order valence-corrected chi connectivity index (χ2v) is 8.84. The van der Waals surface area contributed by atoms with Gasteiger partial charge in [0, 0.05) is 39.9 Å². The quantitative estimate of drug-likeness (QED) is 0.240. The number of amides is 1. The van der Waals surface area contributed by atoms with E-state index in [0.29, 0.717) is 17.9 Å². The second-order valence-electron chi connectivity index (χ2n) is 8.84. The van der Waals surface area contributed by atoms with Crippen LogP contribution in [0.25, 0.3) is 38.4 Å². The number of anilines is 1. The zero-order chi connectivity index (χ0) is 26.1. The van der Waals surface area contributed by atoms with Crippen LogP contribution in [-0.4, -0.2) is 12.5 Å². The van der Waals surface area contributed by atoms with E-state index in [9.17, 15) is 13.6 Å². The van der Waals surface area contributed by atoms with Crippen LogP contribution in [0.4, 0.5) is 14.5 Å². The van der Waals surface area contributed by atoms with E-state index < -0.39 is 17.5 Å². The minimum absolute atomic E-state index is 0.165. The van der Waals surface area contributed by atoms with Crippen molar-refractivity contribution in [1.82, 2.24) is 0 Å². The summed E-state index contributed by atoms with van der Waals surface area (Å²) < 4.78 is 38.8. The molecular weight excluding hydrogens is 472 g/mol. The molecule has 6 heteroatoms. The highest BCUT2D eigenvalue weighted by atomic mass is 19.2. The number of fused-ring (bicyclic) bond motifs is 2. The van der Waals surface area contributed by atoms with Gasteiger partial charge in [0.05, 0.1) is 12.9 Å². The predicted octanol–water partition coefficient (Wildman–Crippen LogP) is 8.28. The van der Waals surface area contributed by atoms with Crippen molar-refractivity contribution < 1.29 is 22.7 Å². The molecule has 0 aliphatic heterocycles. The molecule has 0 radical (unpaired) electrons. The Bertz CT molecular complexity index is 1680. The Hall–Kier alpha value is -4.45. The zero-order valence-electron chi connectivity index (χ0n) is 20.7. The van der Waals surface area contributed by atoms with E-state index in [4.69, 9.17) is 9.15 Å². The first-order chi connectivity index (χ1) is 17.9. The van der Waals surface area contributed by atoms with Gasteiger partial charge in [0.1, 0.15) is 11.3 Å². The summed E-state index contributed by atoms with van der Waals surface area (Å²) in [6.07, 6.45) is 3.16. The molecule has 0 bridgehead atoms. The molecule has 1 N–H and O–H groups in total. The summed E-state index contributed by atoms with van der Waals surface area (Å²) in [6, 6.07) is 19.6. The summed E-state index contributed by atoms with van der Waals surface area (Å²) >= 11 is 0. The van der Waals surface area contributed by atoms with E-state index in [1.54, 1.807) is 6.26 Å². The summed E-state index contributed by atoms with van der Waals surface area (Å²) in [5.41, 5.74) is 5.06. The van der Waals surface area contributed by atoms with E-state index in [-0.39, 0.29) is 5.69 Å². The maximum atomic E-state index is 13.6. The molecule has 0 fully saturated rings. The highest BCUT2D eigenvalue weighted by molar-refractivity contribution is 6.06. The number of carbonyl (C=O) groups excluding carboxylic acids is 1. The van der Waals surface area contributed by atoms with Gasteiger partial charge in [-0.3, -0.25) is 4.79 Å². The number of halogens is 2. The minimum Gasteiger partial charge on any atom is -0.493 e. The van der Waals surface area contributed by atoms with Gasteiger partial charge in [0.25, 0.3) is 0 Å². The van der Waals surface area contributed by atoms with Crippen LogP contribution in [0.15, 0.2) is 83.5 Å². The number of rotatable bonds is 6. The third kappa shape index (κ3) is 4.70. The summed E-state index contributed by atoms with van der Waals surface area (Å²) in [5, 5.41) is 5.76. The Balaban J connectivity index is 1.57. The molecule has 0 atom stereocenters. The summed E-state index contributed by atoms with van der Waals surface area (Å²) in [4.78, 5) is 12.7. The molecule has 0 unspecified atom stereocenters. The van der Waals surface area contributed by atoms with E-state index in [1.807, 2.05) is 39.0 Å². The number of carbonyl (C=O) groups is 1. The van der Waals surface area contributed by atoms with Crippen molar-refractivity contribution in [1.29, 1.82) is 0 Å². The molecule has 37 heavy (non-hydrogen) atoms. The maximum absolute atomic E-state index is 13.6. The summed E-state index contributed by atoms with van der Waals surface area (Å²) in [6.45, 7) is 6.07. The van der Waals surface area contributed by atoms with Gasteiger partial charge >= 0.3 is 0 Å². The van der Waals surface area contributed by atoms with Crippen molar-refractivity contribution >= 4 is 38.9 Å². The largest absolute Gasteiger partial charge is 0.493 e. The van der Waals surface area contributed by atoms with Gasteiger partial charge in [-0.2, -0.15) is 0 Å². The average molecular weight is 498 g/mol. The third-order valence-electron chi connectivity index (χ3n) is 6.35. The Labute approximate surface area is 213 Å². The maximum Gasteiger partial charge on any atom is 0.248 e. The van der Waals surface area contributed by atoms with Crippen LogP contribution < -0.4 is 10.1 Å². The number of furan rings is 1. The number of hydrogen-bond acceptors (Lipinski definition) is 3. The fourth-order valence-electron chi connectivity index (χ4n) is 4.55. The number of aryl methyl sites for hydroxylation is 1. The first-order valence-corrected chi connectivity index (χ1v) is 12.0. The van der Waals surface area contributed by atoms with Gasteiger partial charge in [-0.05, 0) is 66.9 Å². The number of allylic oxidation sites excluding steroid dienone is 1. The van der Waals surface area contributed by atoms with Crippen LogP contribution in [0.3, 0.4) is 0 Å². The van der Waals surface area contributed by atoms with Crippen molar-refractivity contribution in [3.63, 3.8) is 0 Å². The van der Waals surface area contributed by atoms with E-state index in [1.165, 1.54) is 12.1 Å². The minimum atomic E-state index is -1.03. The average Bonchev–Trinajstić information content (AvgIpc) is 3.32. The van der Waals surface area contributed by atoms with E-state index in [2.05, 4.69) is 35.6 Å². The van der Waals surface area contributed by atoms with Crippen molar-refractivity contribution in [2.75, 3.05) is 11.9 Å². The molecule has 186 valence electrons. The van der Waals surface area contributed by atoms with Gasteiger partial charge in [-0.1, -0.05) is 36.4 Å². The summed E-state index contributed by atoms with van der Waals surface area (Å²) in [5.74, 6) is -1.84. The molecule has 5 rings (SSSR count). The van der Waals surface area contributed by atoms with Gasteiger partial charge < -0.3 is 14.5 Å². The lowest BCUT2D eigenvalue weighted by Gasteiger charge is -2.15. The highest BCUT2D eigenvalue weighted by Gasteiger charge is 2.19. The fourth-order valence-corrected chi connectivity index (χ4v) is 4.55. The van der Waals surface area contributed by atoms with Crippen LogP contribution in [0.5, 0.6) is 5.75 Å². The molecule has 1 amide bonds. The first-order valence-electron chi connectivity index (χ1n) is 12.0. The van der Waals surface area contributed by atoms with E-state index in [0.717, 1.165) is 56.1 Å². The van der Waals surface area contributed by atoms with Crippen molar-refractivity contribution in [2.24, 2.45) is 0 Å². The van der Waals surface area contributed by atoms with E-state index >= 15 is 0 Å². The zero-order valence-corrected chi connectivity index (χ0v) is 20.7. The van der Waals surface area contributed by atoms with Crippen LogP contribution in [-0.2, 0) is 4.79 Å². The molecule has 0 saturated heterocycles. The fraction of sp³-hybridized carbons (Fsp3) is 0.129. The van der Waals surface area contributed by atoms with Gasteiger partial charge in [0.15, 0.2) is 11.6 Å². The molecule has 0 aliphatic rings. The number of ether oxygens (including phenoxy) is 1. The smallest absolute Gasteiger partial charge is 0.248 e. The van der Waals surface area contributed by atoms with Gasteiger partial charge in [-0.25, -0.2) is 8.78 Å². The molecule has 0 aliphatic carbocycles. The molecule has 1 aromatic heterocycles. The molecule has 1 heterocycles. The topological polar surface area (TPSA) is 51.5 Å². The SMILES string of the molecule is CCOc1c(/C(C)=C/C(=O)Nc2ccc(F)c(F)c2)cc2c(-c3ccc4ccccc4c3)coc2c1C. The Morgan fingerprint density at radius 2 is 1.78 bits per heavy atom. The molecule has 0 saturated carbocycles. The lowest BCUT2D eigenvalue weighted by Crippen LogP contribution is -2.09. The molecular formula is C31H25F2NO3. The van der Waals surface area contributed by atoms with Crippen molar-refractivity contribution in [3.05, 3.63) is 102 Å². The predicted molar refractivity (Wildman–Crippen MR) is 144 cm³/mol. The molecule has 0 spiro atoms. The Kier molecular flexibility index (Phi) is 6.49. The highest BCUT2D eigenvalue weighted by Crippen LogP contribution is 2.41. The van der Waals surface area contributed by atoms with Crippen LogP contribution in [0.1, 0.15) is 25.0 Å².